The van der Waals surface area contributed by atoms with Gasteiger partial charge >= 0.3 is 0 Å². The van der Waals surface area contributed by atoms with Gasteiger partial charge in [0.2, 0.25) is 0 Å². The van der Waals surface area contributed by atoms with Crippen LogP contribution in [0.2, 0.25) is 10.0 Å². The molecule has 2 saturated heterocycles. The van der Waals surface area contributed by atoms with Crippen LogP contribution in [-0.4, -0.2) is 36.6 Å². The predicted molar refractivity (Wildman–Crippen MR) is 87.1 cm³/mol. The van der Waals surface area contributed by atoms with Crippen LogP contribution in [0.3, 0.4) is 0 Å². The minimum Gasteiger partial charge on any atom is -0.363 e. The molecule has 2 aliphatic rings. The lowest BCUT2D eigenvalue weighted by Gasteiger charge is -2.49. The molecule has 0 aliphatic carbocycles. The molecule has 2 aliphatic heterocycles. The zero-order valence-electron chi connectivity index (χ0n) is 12.3. The fourth-order valence-electron chi connectivity index (χ4n) is 3.68. The number of rotatable bonds is 2. The number of fused-ring (bicyclic) bond motifs is 1. The van der Waals surface area contributed by atoms with Crippen LogP contribution in [0.5, 0.6) is 0 Å². The van der Waals surface area contributed by atoms with Gasteiger partial charge in [0, 0.05) is 25.2 Å². The number of hydrogen-bond donors (Lipinski definition) is 0. The second-order valence-corrected chi connectivity index (χ2v) is 6.89. The second kappa shape index (κ2) is 6.31. The molecule has 3 rings (SSSR count). The van der Waals surface area contributed by atoms with Gasteiger partial charge in [0.15, 0.2) is 0 Å². The number of piperazine rings is 1. The van der Waals surface area contributed by atoms with Crippen LogP contribution in [0.4, 0.5) is 10.1 Å². The smallest absolute Gasteiger partial charge is 0.126 e. The van der Waals surface area contributed by atoms with Crippen molar-refractivity contribution in [1.29, 1.82) is 0 Å². The Morgan fingerprint density at radius 2 is 1.90 bits per heavy atom. The van der Waals surface area contributed by atoms with E-state index in [4.69, 9.17) is 23.2 Å². The molecule has 1 aromatic rings. The summed E-state index contributed by atoms with van der Waals surface area (Å²) in [6.45, 7) is 5.36. The van der Waals surface area contributed by atoms with E-state index in [1.54, 1.807) is 0 Å². The molecule has 0 spiro atoms. The van der Waals surface area contributed by atoms with Gasteiger partial charge in [-0.2, -0.15) is 0 Å². The third kappa shape index (κ3) is 3.01. The summed E-state index contributed by atoms with van der Waals surface area (Å²) in [4.78, 5) is 4.90. The van der Waals surface area contributed by atoms with Crippen molar-refractivity contribution in [2.45, 2.75) is 44.7 Å². The van der Waals surface area contributed by atoms with Gasteiger partial charge in [0.1, 0.15) is 5.82 Å². The molecular formula is C16H21Cl2FN2. The van der Waals surface area contributed by atoms with Crippen molar-refractivity contribution in [1.82, 2.24) is 4.90 Å². The van der Waals surface area contributed by atoms with Crippen molar-refractivity contribution < 1.29 is 4.39 Å². The van der Waals surface area contributed by atoms with E-state index in [2.05, 4.69) is 16.7 Å². The monoisotopic (exact) mass is 330 g/mol. The third-order valence-corrected chi connectivity index (χ3v) is 5.36. The predicted octanol–water partition coefficient (Wildman–Crippen LogP) is 4.59. The first-order valence-electron chi connectivity index (χ1n) is 7.75. The number of piperidine rings is 1. The number of halogens is 3. The molecule has 0 amide bonds. The topological polar surface area (TPSA) is 6.48 Å². The standard InChI is InChI=1S/C16H21Cl2FN2/c1-2-12-9-20-6-4-3-5-13(20)10-21(12)16-14(17)7-11(19)8-15(16)18/h7-8,12-13H,2-6,9-10H2,1H3. The SMILES string of the molecule is CCC1CN2CCCCC2CN1c1c(Cl)cc(F)cc1Cl. The van der Waals surface area contributed by atoms with Gasteiger partial charge < -0.3 is 4.90 Å². The highest BCUT2D eigenvalue weighted by Crippen LogP contribution is 2.39. The van der Waals surface area contributed by atoms with Gasteiger partial charge in [-0.25, -0.2) is 4.39 Å². The molecule has 2 unspecified atom stereocenters. The van der Waals surface area contributed by atoms with Crippen molar-refractivity contribution in [3.8, 4) is 0 Å². The van der Waals surface area contributed by atoms with Crippen LogP contribution >= 0.6 is 23.2 Å². The highest BCUT2D eigenvalue weighted by molar-refractivity contribution is 6.39. The Hall–Kier alpha value is -0.510. The summed E-state index contributed by atoms with van der Waals surface area (Å²) in [5.41, 5.74) is 0.803. The molecule has 1 aromatic carbocycles. The summed E-state index contributed by atoms with van der Waals surface area (Å²) in [6.07, 6.45) is 4.85. The Balaban J connectivity index is 1.92. The van der Waals surface area contributed by atoms with E-state index < -0.39 is 0 Å². The van der Waals surface area contributed by atoms with Crippen LogP contribution < -0.4 is 4.90 Å². The zero-order valence-corrected chi connectivity index (χ0v) is 13.8. The lowest BCUT2D eigenvalue weighted by atomic mass is 9.95. The van der Waals surface area contributed by atoms with Gasteiger partial charge in [0.05, 0.1) is 15.7 Å². The summed E-state index contributed by atoms with van der Waals surface area (Å²) in [6, 6.07) is 3.68. The fourth-order valence-corrected chi connectivity index (χ4v) is 4.36. The maximum atomic E-state index is 13.4. The van der Waals surface area contributed by atoms with E-state index in [1.165, 1.54) is 37.9 Å². The Labute approximate surface area is 135 Å². The molecule has 2 nitrogen and oxygen atoms in total. The molecule has 116 valence electrons. The van der Waals surface area contributed by atoms with E-state index in [0.29, 0.717) is 22.1 Å². The minimum atomic E-state index is -0.377. The lowest BCUT2D eigenvalue weighted by molar-refractivity contribution is 0.111. The molecule has 0 N–H and O–H groups in total. The molecule has 5 heteroatoms. The number of nitrogens with zero attached hydrogens (tertiary/aromatic N) is 2. The molecule has 0 radical (unpaired) electrons. The van der Waals surface area contributed by atoms with Crippen molar-refractivity contribution >= 4 is 28.9 Å². The molecule has 0 aromatic heterocycles. The van der Waals surface area contributed by atoms with E-state index in [-0.39, 0.29) is 5.82 Å². The number of anilines is 1. The normalized spacial score (nSPS) is 26.8. The molecule has 0 saturated carbocycles. The van der Waals surface area contributed by atoms with E-state index in [9.17, 15) is 4.39 Å². The first-order valence-corrected chi connectivity index (χ1v) is 8.51. The molecule has 21 heavy (non-hydrogen) atoms. The fraction of sp³-hybridized carbons (Fsp3) is 0.625. The van der Waals surface area contributed by atoms with Gasteiger partial charge in [-0.15, -0.1) is 0 Å². The molecular weight excluding hydrogens is 310 g/mol. The maximum Gasteiger partial charge on any atom is 0.126 e. The first-order chi connectivity index (χ1) is 10.1. The summed E-state index contributed by atoms with van der Waals surface area (Å²) in [5, 5.41) is 0.838. The van der Waals surface area contributed by atoms with Crippen LogP contribution in [0.1, 0.15) is 32.6 Å². The highest BCUT2D eigenvalue weighted by atomic mass is 35.5. The minimum absolute atomic E-state index is 0.377. The number of benzene rings is 1. The third-order valence-electron chi connectivity index (χ3n) is 4.78. The number of hydrogen-bond acceptors (Lipinski definition) is 2. The molecule has 0 bridgehead atoms. The second-order valence-electron chi connectivity index (χ2n) is 6.08. The van der Waals surface area contributed by atoms with Crippen LogP contribution in [0, 0.1) is 5.82 Å². The lowest BCUT2D eigenvalue weighted by Crippen LogP contribution is -2.59. The zero-order chi connectivity index (χ0) is 15.0. The van der Waals surface area contributed by atoms with E-state index >= 15 is 0 Å². The van der Waals surface area contributed by atoms with Crippen molar-refractivity contribution in [3.05, 3.63) is 28.0 Å². The average molecular weight is 331 g/mol. The summed E-state index contributed by atoms with van der Waals surface area (Å²) < 4.78 is 13.4. The van der Waals surface area contributed by atoms with E-state index in [1.807, 2.05) is 0 Å². The first kappa shape index (κ1) is 15.4. The van der Waals surface area contributed by atoms with Gasteiger partial charge in [0.25, 0.3) is 0 Å². The summed E-state index contributed by atoms with van der Waals surface area (Å²) in [7, 11) is 0. The highest BCUT2D eigenvalue weighted by Gasteiger charge is 2.35. The molecule has 2 atom stereocenters. The van der Waals surface area contributed by atoms with Crippen molar-refractivity contribution in [3.63, 3.8) is 0 Å². The molecule has 2 heterocycles. The van der Waals surface area contributed by atoms with Gasteiger partial charge in [-0.3, -0.25) is 4.90 Å². The van der Waals surface area contributed by atoms with E-state index in [0.717, 1.165) is 25.2 Å². The van der Waals surface area contributed by atoms with Crippen molar-refractivity contribution in [2.75, 3.05) is 24.5 Å². The van der Waals surface area contributed by atoms with Gasteiger partial charge in [-0.05, 0) is 37.9 Å². The van der Waals surface area contributed by atoms with Crippen LogP contribution in [0.25, 0.3) is 0 Å². The Morgan fingerprint density at radius 1 is 1.19 bits per heavy atom. The largest absolute Gasteiger partial charge is 0.363 e. The maximum absolute atomic E-state index is 13.4. The Morgan fingerprint density at radius 3 is 2.57 bits per heavy atom. The summed E-state index contributed by atoms with van der Waals surface area (Å²) >= 11 is 12.6. The molecule has 2 fully saturated rings. The van der Waals surface area contributed by atoms with Gasteiger partial charge in [-0.1, -0.05) is 36.5 Å². The Kier molecular flexibility index (Phi) is 4.63. The van der Waals surface area contributed by atoms with Crippen molar-refractivity contribution in [2.24, 2.45) is 0 Å². The average Bonchev–Trinajstić information content (AvgIpc) is 2.45. The quantitative estimate of drug-likeness (QED) is 0.782. The Bertz CT molecular complexity index is 500. The van der Waals surface area contributed by atoms with Crippen LogP contribution in [-0.2, 0) is 0 Å². The summed E-state index contributed by atoms with van der Waals surface area (Å²) in [5.74, 6) is -0.377. The van der Waals surface area contributed by atoms with Crippen LogP contribution in [0.15, 0.2) is 12.1 Å².